The molecule has 4 heterocycles. The standard InChI is InChI=1S/C18H15F2N3O4S/c1-15(8-21)7-17-14(25)22(3)16(2,28-17)13(24)23(17)12(15)9-4-5-10-11(6-9)27-18(19,20)26-10/h4-6,12H,7H2,1-3H3/t12-,15+,16-,17-/m0/s1. The maximum Gasteiger partial charge on any atom is 0.586 e. The van der Waals surface area contributed by atoms with Gasteiger partial charge < -0.3 is 19.3 Å². The maximum absolute atomic E-state index is 13.4. The van der Waals surface area contributed by atoms with E-state index in [1.54, 1.807) is 20.9 Å². The van der Waals surface area contributed by atoms with Crippen molar-refractivity contribution in [3.63, 3.8) is 0 Å². The molecule has 10 heteroatoms. The third-order valence-electron chi connectivity index (χ3n) is 6.12. The summed E-state index contributed by atoms with van der Waals surface area (Å²) in [6, 6.07) is 5.69. The van der Waals surface area contributed by atoms with E-state index >= 15 is 0 Å². The fourth-order valence-electron chi connectivity index (χ4n) is 4.78. The first-order valence-electron chi connectivity index (χ1n) is 8.61. The quantitative estimate of drug-likeness (QED) is 0.711. The number of hydrogen-bond donors (Lipinski definition) is 0. The van der Waals surface area contributed by atoms with Crippen LogP contribution in [0.4, 0.5) is 8.78 Å². The summed E-state index contributed by atoms with van der Waals surface area (Å²) in [7, 11) is 1.58. The van der Waals surface area contributed by atoms with Crippen LogP contribution in [0.1, 0.15) is 31.9 Å². The van der Waals surface area contributed by atoms with Gasteiger partial charge in [0.1, 0.15) is 0 Å². The van der Waals surface area contributed by atoms with Gasteiger partial charge in [-0.2, -0.15) is 5.26 Å². The highest BCUT2D eigenvalue weighted by Crippen LogP contribution is 2.69. The molecule has 2 bridgehead atoms. The van der Waals surface area contributed by atoms with E-state index in [1.807, 2.05) is 0 Å². The van der Waals surface area contributed by atoms with Crippen LogP contribution in [0.5, 0.6) is 11.5 Å². The molecule has 0 N–H and O–H groups in total. The Morgan fingerprint density at radius 2 is 1.89 bits per heavy atom. The second kappa shape index (κ2) is 4.71. The fourth-order valence-corrected chi connectivity index (χ4v) is 6.72. The van der Waals surface area contributed by atoms with Crippen LogP contribution in [-0.2, 0) is 9.59 Å². The zero-order valence-electron chi connectivity index (χ0n) is 15.2. The van der Waals surface area contributed by atoms with E-state index in [1.165, 1.54) is 39.8 Å². The van der Waals surface area contributed by atoms with E-state index < -0.39 is 27.5 Å². The Morgan fingerprint density at radius 3 is 2.57 bits per heavy atom. The van der Waals surface area contributed by atoms with Crippen LogP contribution in [0.3, 0.4) is 0 Å². The summed E-state index contributed by atoms with van der Waals surface area (Å²) in [5.41, 5.74) is -0.636. The number of rotatable bonds is 1. The minimum Gasteiger partial charge on any atom is -0.395 e. The van der Waals surface area contributed by atoms with Crippen molar-refractivity contribution in [2.24, 2.45) is 5.41 Å². The van der Waals surface area contributed by atoms with Gasteiger partial charge in [0.25, 0.3) is 11.8 Å². The predicted molar refractivity (Wildman–Crippen MR) is 92.1 cm³/mol. The molecular formula is C18H15F2N3O4S. The third kappa shape index (κ3) is 1.78. The third-order valence-corrected chi connectivity index (χ3v) is 7.82. The topological polar surface area (TPSA) is 82.9 Å². The summed E-state index contributed by atoms with van der Waals surface area (Å²) in [4.78, 5) is 27.0. The maximum atomic E-state index is 13.4. The minimum absolute atomic E-state index is 0.119. The molecule has 1 spiro atoms. The van der Waals surface area contributed by atoms with E-state index in [4.69, 9.17) is 0 Å². The van der Waals surface area contributed by atoms with Crippen molar-refractivity contribution in [2.75, 3.05) is 7.05 Å². The SMILES string of the molecule is CN1C(=O)[C@@]23C[C@](C)(C#N)[C@H](c4ccc5c(c4)OC(F)(F)O5)N2C(=O)[C@]1(C)S3. The minimum atomic E-state index is -3.76. The molecule has 28 heavy (non-hydrogen) atoms. The van der Waals surface area contributed by atoms with Crippen molar-refractivity contribution in [3.05, 3.63) is 23.8 Å². The molecule has 1 aromatic carbocycles. The molecular weight excluding hydrogens is 392 g/mol. The largest absolute Gasteiger partial charge is 0.586 e. The van der Waals surface area contributed by atoms with Gasteiger partial charge in [0.05, 0.1) is 17.5 Å². The van der Waals surface area contributed by atoms with Gasteiger partial charge in [-0.1, -0.05) is 17.8 Å². The molecule has 1 aromatic rings. The number of thioether (sulfide) groups is 1. The first-order valence-corrected chi connectivity index (χ1v) is 9.42. The monoisotopic (exact) mass is 407 g/mol. The van der Waals surface area contributed by atoms with Crippen LogP contribution in [0, 0.1) is 16.7 Å². The molecule has 0 aromatic heterocycles. The van der Waals surface area contributed by atoms with Gasteiger partial charge in [-0.3, -0.25) is 9.59 Å². The normalized spacial score (nSPS) is 39.5. The molecule has 0 aliphatic carbocycles. The number of carbonyl (C=O) groups excluding carboxylic acids is 2. The predicted octanol–water partition coefficient (Wildman–Crippen LogP) is 2.44. The van der Waals surface area contributed by atoms with Gasteiger partial charge in [-0.25, -0.2) is 0 Å². The van der Waals surface area contributed by atoms with Crippen LogP contribution in [0.15, 0.2) is 18.2 Å². The molecule has 3 fully saturated rings. The molecule has 4 aliphatic heterocycles. The molecule has 3 saturated heterocycles. The molecule has 2 amide bonds. The first kappa shape index (κ1) is 17.6. The highest BCUT2D eigenvalue weighted by molar-refractivity contribution is 8.04. The number of carbonyl (C=O) groups is 2. The Balaban J connectivity index is 1.66. The number of halogens is 2. The number of ether oxygens (including phenoxy) is 2. The number of piperazine rings is 1. The van der Waals surface area contributed by atoms with Gasteiger partial charge >= 0.3 is 6.29 Å². The summed E-state index contributed by atoms with van der Waals surface area (Å²) >= 11 is 1.24. The number of fused-ring (bicyclic) bond motifs is 2. The molecule has 5 rings (SSSR count). The number of alkyl halides is 2. The van der Waals surface area contributed by atoms with E-state index in [-0.39, 0.29) is 29.7 Å². The zero-order valence-corrected chi connectivity index (χ0v) is 16.0. The highest BCUT2D eigenvalue weighted by atomic mass is 32.2. The molecule has 146 valence electrons. The van der Waals surface area contributed by atoms with Crippen LogP contribution in [0.25, 0.3) is 0 Å². The number of hydrogen-bond acceptors (Lipinski definition) is 6. The number of likely N-dealkylation sites (N-methyl/N-ethyl adjacent to an activating group) is 1. The second-order valence-electron chi connectivity index (χ2n) is 7.89. The molecule has 7 nitrogen and oxygen atoms in total. The van der Waals surface area contributed by atoms with Gasteiger partial charge in [-0.05, 0) is 31.5 Å². The Labute approximate surface area is 163 Å². The van der Waals surface area contributed by atoms with E-state index in [2.05, 4.69) is 15.5 Å². The van der Waals surface area contributed by atoms with E-state index in [0.29, 0.717) is 5.56 Å². The summed E-state index contributed by atoms with van der Waals surface area (Å²) in [5, 5.41) is 9.92. The number of amides is 2. The smallest absolute Gasteiger partial charge is 0.395 e. The van der Waals surface area contributed by atoms with Gasteiger partial charge in [0.15, 0.2) is 21.2 Å². The number of benzene rings is 1. The molecule has 0 unspecified atom stereocenters. The van der Waals surface area contributed by atoms with Gasteiger partial charge in [-0.15, -0.1) is 8.78 Å². The number of nitrogens with zero attached hydrogens (tertiary/aromatic N) is 3. The molecule has 0 saturated carbocycles. The Morgan fingerprint density at radius 1 is 1.21 bits per heavy atom. The zero-order chi connectivity index (χ0) is 20.3. The Bertz CT molecular complexity index is 1010. The summed E-state index contributed by atoms with van der Waals surface area (Å²) in [5.74, 6) is -0.781. The fraction of sp³-hybridized carbons (Fsp3) is 0.500. The van der Waals surface area contributed by atoms with Crippen molar-refractivity contribution < 1.29 is 27.8 Å². The van der Waals surface area contributed by atoms with Crippen LogP contribution >= 0.6 is 11.8 Å². The van der Waals surface area contributed by atoms with Crippen LogP contribution < -0.4 is 9.47 Å². The van der Waals surface area contributed by atoms with Crippen molar-refractivity contribution in [2.45, 2.75) is 42.3 Å². The van der Waals surface area contributed by atoms with Crippen LogP contribution in [0.2, 0.25) is 0 Å². The Hall–Kier alpha value is -2.54. The molecule has 4 atom stereocenters. The summed E-state index contributed by atoms with van der Waals surface area (Å²) in [6.07, 6.45) is -3.61. The average Bonchev–Trinajstić information content (AvgIpc) is 3.21. The Kier molecular flexibility index (Phi) is 2.95. The van der Waals surface area contributed by atoms with Gasteiger partial charge in [0, 0.05) is 13.5 Å². The van der Waals surface area contributed by atoms with Gasteiger partial charge in [0.2, 0.25) is 0 Å². The van der Waals surface area contributed by atoms with Crippen molar-refractivity contribution in [1.29, 1.82) is 5.26 Å². The second-order valence-corrected chi connectivity index (χ2v) is 9.57. The lowest BCUT2D eigenvalue weighted by Crippen LogP contribution is -2.60. The first-order chi connectivity index (χ1) is 13.0. The summed E-state index contributed by atoms with van der Waals surface area (Å²) < 4.78 is 35.7. The molecule has 0 radical (unpaired) electrons. The lowest BCUT2D eigenvalue weighted by molar-refractivity contribution is -0.286. The highest BCUT2D eigenvalue weighted by Gasteiger charge is 2.78. The lowest BCUT2D eigenvalue weighted by Gasteiger charge is -2.40. The van der Waals surface area contributed by atoms with Crippen molar-refractivity contribution in [3.8, 4) is 17.6 Å². The summed E-state index contributed by atoms with van der Waals surface area (Å²) in [6.45, 7) is 3.37. The lowest BCUT2D eigenvalue weighted by atomic mass is 9.79. The van der Waals surface area contributed by atoms with E-state index in [9.17, 15) is 23.6 Å². The number of nitriles is 1. The van der Waals surface area contributed by atoms with Crippen LogP contribution in [-0.4, -0.2) is 44.7 Å². The average molecular weight is 407 g/mol. The van der Waals surface area contributed by atoms with E-state index in [0.717, 1.165) is 0 Å². The molecule has 4 aliphatic rings. The van der Waals surface area contributed by atoms with Crippen molar-refractivity contribution in [1.82, 2.24) is 9.80 Å². The van der Waals surface area contributed by atoms with Crippen molar-refractivity contribution >= 4 is 23.6 Å².